The molecule has 1 aliphatic heterocycles. The van der Waals surface area contributed by atoms with Crippen LogP contribution in [-0.2, 0) is 6.42 Å². The van der Waals surface area contributed by atoms with Gasteiger partial charge in [-0.3, -0.25) is 0 Å². The van der Waals surface area contributed by atoms with Crippen LogP contribution in [0.15, 0.2) is 40.9 Å². The molecule has 2 nitrogen and oxygen atoms in total. The fraction of sp³-hybridized carbons (Fsp3) is 0.250. The molecule has 1 unspecified atom stereocenters. The number of hydrogen-bond acceptors (Lipinski definition) is 2. The van der Waals surface area contributed by atoms with Crippen LogP contribution >= 0.6 is 15.9 Å². The lowest BCUT2D eigenvalue weighted by atomic mass is 9.96. The molecule has 19 heavy (non-hydrogen) atoms. The lowest BCUT2D eigenvalue weighted by Gasteiger charge is -2.15. The largest absolute Gasteiger partial charge is 0.493 e. The molecule has 0 amide bonds. The monoisotopic (exact) mass is 317 g/mol. The molecule has 0 bridgehead atoms. The van der Waals surface area contributed by atoms with E-state index in [0.29, 0.717) is 0 Å². The fourth-order valence-corrected chi connectivity index (χ4v) is 3.16. The van der Waals surface area contributed by atoms with E-state index in [1.54, 1.807) is 0 Å². The molecular formula is C16H16BrNO. The first kappa shape index (κ1) is 12.7. The maximum absolute atomic E-state index is 6.39. The van der Waals surface area contributed by atoms with E-state index in [9.17, 15) is 0 Å². The zero-order valence-electron chi connectivity index (χ0n) is 10.8. The zero-order valence-corrected chi connectivity index (χ0v) is 12.4. The van der Waals surface area contributed by atoms with Gasteiger partial charge in [-0.15, -0.1) is 0 Å². The van der Waals surface area contributed by atoms with Crippen molar-refractivity contribution in [1.29, 1.82) is 0 Å². The number of hydrogen-bond donors (Lipinski definition) is 1. The molecule has 0 radical (unpaired) electrons. The van der Waals surface area contributed by atoms with Crippen LogP contribution in [0.25, 0.3) is 0 Å². The van der Waals surface area contributed by atoms with Gasteiger partial charge in [0.25, 0.3) is 0 Å². The third-order valence-electron chi connectivity index (χ3n) is 3.50. The number of fused-ring (bicyclic) bond motifs is 1. The van der Waals surface area contributed by atoms with Crippen LogP contribution in [0.4, 0.5) is 0 Å². The Morgan fingerprint density at radius 3 is 2.79 bits per heavy atom. The van der Waals surface area contributed by atoms with Crippen LogP contribution in [0.1, 0.15) is 28.3 Å². The molecule has 0 spiro atoms. The zero-order chi connectivity index (χ0) is 13.4. The summed E-state index contributed by atoms with van der Waals surface area (Å²) in [5.41, 5.74) is 11.1. The Kier molecular flexibility index (Phi) is 3.33. The van der Waals surface area contributed by atoms with Crippen LogP contribution in [0.2, 0.25) is 0 Å². The quantitative estimate of drug-likeness (QED) is 0.915. The number of aryl methyl sites for hydroxylation is 1. The lowest BCUT2D eigenvalue weighted by Crippen LogP contribution is -2.12. The number of rotatable bonds is 2. The van der Waals surface area contributed by atoms with E-state index < -0.39 is 0 Å². The third-order valence-corrected chi connectivity index (χ3v) is 3.95. The summed E-state index contributed by atoms with van der Waals surface area (Å²) >= 11 is 3.53. The van der Waals surface area contributed by atoms with E-state index in [2.05, 4.69) is 53.2 Å². The Morgan fingerprint density at radius 2 is 2.00 bits per heavy atom. The molecule has 0 saturated heterocycles. The first-order chi connectivity index (χ1) is 9.13. The smallest absolute Gasteiger partial charge is 0.122 e. The Hall–Kier alpha value is -1.32. The molecule has 1 heterocycles. The van der Waals surface area contributed by atoms with Gasteiger partial charge in [0, 0.05) is 10.9 Å². The van der Waals surface area contributed by atoms with Gasteiger partial charge in [-0.1, -0.05) is 34.1 Å². The SMILES string of the molecule is Cc1cc(Br)cc(C(N)c2ccc3c(c2)CCO3)c1. The fourth-order valence-electron chi connectivity index (χ4n) is 2.54. The van der Waals surface area contributed by atoms with Crippen LogP contribution in [-0.4, -0.2) is 6.61 Å². The normalized spacial score (nSPS) is 14.9. The Labute approximate surface area is 121 Å². The van der Waals surface area contributed by atoms with Crippen LogP contribution in [0.5, 0.6) is 5.75 Å². The molecule has 0 aromatic heterocycles. The van der Waals surface area contributed by atoms with Crippen molar-refractivity contribution in [2.45, 2.75) is 19.4 Å². The van der Waals surface area contributed by atoms with Gasteiger partial charge >= 0.3 is 0 Å². The van der Waals surface area contributed by atoms with Crippen molar-refractivity contribution < 1.29 is 4.74 Å². The van der Waals surface area contributed by atoms with Crippen molar-refractivity contribution in [3.05, 3.63) is 63.1 Å². The molecule has 1 aliphatic rings. The minimum absolute atomic E-state index is 0.0953. The average molecular weight is 318 g/mol. The van der Waals surface area contributed by atoms with Gasteiger partial charge < -0.3 is 10.5 Å². The van der Waals surface area contributed by atoms with E-state index in [1.807, 2.05) is 6.07 Å². The highest BCUT2D eigenvalue weighted by Gasteiger charge is 2.16. The molecule has 98 valence electrons. The van der Waals surface area contributed by atoms with Gasteiger partial charge in [0.15, 0.2) is 0 Å². The van der Waals surface area contributed by atoms with E-state index in [0.717, 1.165) is 34.4 Å². The summed E-state index contributed by atoms with van der Waals surface area (Å²) in [7, 11) is 0. The predicted octanol–water partition coefficient (Wildman–Crippen LogP) is 3.74. The van der Waals surface area contributed by atoms with Gasteiger partial charge in [-0.25, -0.2) is 0 Å². The van der Waals surface area contributed by atoms with Gasteiger partial charge in [0.2, 0.25) is 0 Å². The van der Waals surface area contributed by atoms with E-state index >= 15 is 0 Å². The number of halogens is 1. The van der Waals surface area contributed by atoms with Gasteiger partial charge in [-0.2, -0.15) is 0 Å². The first-order valence-corrected chi connectivity index (χ1v) is 7.21. The Morgan fingerprint density at radius 1 is 1.16 bits per heavy atom. The molecule has 3 heteroatoms. The maximum atomic E-state index is 6.39. The summed E-state index contributed by atoms with van der Waals surface area (Å²) < 4.78 is 6.60. The summed E-state index contributed by atoms with van der Waals surface area (Å²) in [5, 5.41) is 0. The Balaban J connectivity index is 1.97. The van der Waals surface area contributed by atoms with Crippen molar-refractivity contribution in [2.75, 3.05) is 6.61 Å². The molecule has 2 N–H and O–H groups in total. The minimum atomic E-state index is -0.0953. The standard InChI is InChI=1S/C16H16BrNO/c1-10-6-13(9-14(17)7-10)16(18)12-2-3-15-11(8-12)4-5-19-15/h2-3,6-9,16H,4-5,18H2,1H3. The summed E-state index contributed by atoms with van der Waals surface area (Å²) in [4.78, 5) is 0. The maximum Gasteiger partial charge on any atom is 0.122 e. The summed E-state index contributed by atoms with van der Waals surface area (Å²) in [6, 6.07) is 12.5. The van der Waals surface area contributed by atoms with Crippen molar-refractivity contribution in [3.63, 3.8) is 0 Å². The predicted molar refractivity (Wildman–Crippen MR) is 80.6 cm³/mol. The van der Waals surface area contributed by atoms with Crippen molar-refractivity contribution >= 4 is 15.9 Å². The second-order valence-corrected chi connectivity index (χ2v) is 5.92. The molecule has 3 rings (SSSR count). The number of benzene rings is 2. The molecule has 1 atom stereocenters. The van der Waals surface area contributed by atoms with E-state index in [1.165, 1.54) is 11.1 Å². The average Bonchev–Trinajstić information content (AvgIpc) is 2.83. The van der Waals surface area contributed by atoms with Gasteiger partial charge in [0.1, 0.15) is 5.75 Å². The highest BCUT2D eigenvalue weighted by atomic mass is 79.9. The molecule has 0 saturated carbocycles. The molecule has 0 fully saturated rings. The number of nitrogens with two attached hydrogens (primary N) is 1. The first-order valence-electron chi connectivity index (χ1n) is 6.42. The highest BCUT2D eigenvalue weighted by Crippen LogP contribution is 2.30. The summed E-state index contributed by atoms with van der Waals surface area (Å²) in [5.74, 6) is 1.00. The lowest BCUT2D eigenvalue weighted by molar-refractivity contribution is 0.357. The summed E-state index contributed by atoms with van der Waals surface area (Å²) in [6.07, 6.45) is 0.980. The number of ether oxygens (including phenoxy) is 1. The Bertz CT molecular complexity index is 604. The topological polar surface area (TPSA) is 35.2 Å². The van der Waals surface area contributed by atoms with Crippen LogP contribution in [0, 0.1) is 6.92 Å². The molecule has 2 aromatic carbocycles. The molecule has 0 aliphatic carbocycles. The van der Waals surface area contributed by atoms with Crippen molar-refractivity contribution in [3.8, 4) is 5.75 Å². The minimum Gasteiger partial charge on any atom is -0.493 e. The molecular weight excluding hydrogens is 302 g/mol. The second-order valence-electron chi connectivity index (χ2n) is 5.01. The van der Waals surface area contributed by atoms with Crippen molar-refractivity contribution in [1.82, 2.24) is 0 Å². The highest BCUT2D eigenvalue weighted by molar-refractivity contribution is 9.10. The van der Waals surface area contributed by atoms with Crippen molar-refractivity contribution in [2.24, 2.45) is 5.73 Å². The second kappa shape index (κ2) is 4.99. The molecule has 2 aromatic rings. The van der Waals surface area contributed by atoms with Gasteiger partial charge in [-0.05, 0) is 47.4 Å². The summed E-state index contributed by atoms with van der Waals surface area (Å²) in [6.45, 7) is 2.86. The van der Waals surface area contributed by atoms with Crippen LogP contribution < -0.4 is 10.5 Å². The van der Waals surface area contributed by atoms with Crippen LogP contribution in [0.3, 0.4) is 0 Å². The third kappa shape index (κ3) is 2.53. The van der Waals surface area contributed by atoms with E-state index in [-0.39, 0.29) is 6.04 Å². The van der Waals surface area contributed by atoms with Gasteiger partial charge in [0.05, 0.1) is 12.6 Å². The van der Waals surface area contributed by atoms with E-state index in [4.69, 9.17) is 10.5 Å².